The summed E-state index contributed by atoms with van der Waals surface area (Å²) in [5, 5.41) is 0. The van der Waals surface area contributed by atoms with Gasteiger partial charge < -0.3 is 10.6 Å². The minimum absolute atomic E-state index is 0.186. The summed E-state index contributed by atoms with van der Waals surface area (Å²) in [6, 6.07) is 3.69. The number of pyridine rings is 1. The molecule has 0 aliphatic carbocycles. The Labute approximate surface area is 194 Å². The lowest BCUT2D eigenvalue weighted by Crippen LogP contribution is -2.40. The quantitative estimate of drug-likeness (QED) is 0.406. The van der Waals surface area contributed by atoms with Gasteiger partial charge in [-0.3, -0.25) is 23.7 Å². The van der Waals surface area contributed by atoms with E-state index in [0.717, 1.165) is 17.3 Å². The number of hydrogen-bond acceptors (Lipinski definition) is 7. The molecular weight excluding hydrogens is 446 g/mol. The first kappa shape index (κ1) is 22.2. The van der Waals surface area contributed by atoms with Gasteiger partial charge in [0, 0.05) is 31.7 Å². The fourth-order valence-electron chi connectivity index (χ4n) is 3.91. The van der Waals surface area contributed by atoms with Crippen LogP contribution in [0.4, 0.5) is 5.82 Å². The van der Waals surface area contributed by atoms with Crippen molar-refractivity contribution in [1.82, 2.24) is 14.3 Å². The standard InChI is InChI=1S/C22H23N5O3S2/c1-3-8-26-21(30)16(32-22(26)31)11-15-19(25-9-6-14(7-10-25)18(23)28)24-17-5-4-13(2)12-27(17)20(15)29/h3-5,11-12,14H,1,6-10H2,2H3,(H2,23,28). The maximum Gasteiger partial charge on any atom is 0.267 e. The first-order valence-electron chi connectivity index (χ1n) is 10.2. The third kappa shape index (κ3) is 4.07. The Morgan fingerprint density at radius 1 is 1.34 bits per heavy atom. The molecular formula is C22H23N5O3S2. The van der Waals surface area contributed by atoms with Gasteiger partial charge in [-0.25, -0.2) is 4.98 Å². The van der Waals surface area contributed by atoms with Crippen molar-refractivity contribution >= 4 is 57.7 Å². The maximum atomic E-state index is 13.5. The zero-order valence-electron chi connectivity index (χ0n) is 17.6. The molecule has 0 bridgehead atoms. The van der Waals surface area contributed by atoms with E-state index >= 15 is 0 Å². The van der Waals surface area contributed by atoms with Crippen molar-refractivity contribution in [3.8, 4) is 0 Å². The number of aryl methyl sites for hydroxylation is 1. The molecule has 2 aliphatic rings. The van der Waals surface area contributed by atoms with Crippen LogP contribution >= 0.6 is 24.0 Å². The molecule has 0 radical (unpaired) electrons. The van der Waals surface area contributed by atoms with E-state index in [1.807, 2.05) is 17.9 Å². The van der Waals surface area contributed by atoms with Crippen molar-refractivity contribution in [3.63, 3.8) is 0 Å². The number of rotatable bonds is 5. The lowest BCUT2D eigenvalue weighted by atomic mass is 9.96. The first-order chi connectivity index (χ1) is 15.3. The van der Waals surface area contributed by atoms with Crippen LogP contribution in [0.25, 0.3) is 11.7 Å². The molecule has 4 rings (SSSR count). The van der Waals surface area contributed by atoms with E-state index in [0.29, 0.717) is 58.7 Å². The fraction of sp³-hybridized carbons (Fsp3) is 0.318. The molecule has 2 aromatic heterocycles. The van der Waals surface area contributed by atoms with Crippen LogP contribution in [0.1, 0.15) is 24.0 Å². The monoisotopic (exact) mass is 469 g/mol. The van der Waals surface area contributed by atoms with Crippen molar-refractivity contribution < 1.29 is 9.59 Å². The van der Waals surface area contributed by atoms with Crippen molar-refractivity contribution in [3.05, 3.63) is 57.4 Å². The van der Waals surface area contributed by atoms with Crippen LogP contribution in [0.15, 0.2) is 40.7 Å². The second-order valence-corrected chi connectivity index (χ2v) is 9.51. The van der Waals surface area contributed by atoms with Crippen LogP contribution in [0.5, 0.6) is 0 Å². The Morgan fingerprint density at radius 2 is 2.06 bits per heavy atom. The number of nitrogens with two attached hydrogens (primary N) is 1. The average Bonchev–Trinajstić information content (AvgIpc) is 3.03. The van der Waals surface area contributed by atoms with E-state index in [9.17, 15) is 14.4 Å². The molecule has 10 heteroatoms. The third-order valence-corrected chi connectivity index (χ3v) is 7.02. The molecule has 32 heavy (non-hydrogen) atoms. The number of aromatic nitrogens is 2. The van der Waals surface area contributed by atoms with Gasteiger partial charge in [0.1, 0.15) is 15.8 Å². The summed E-state index contributed by atoms with van der Waals surface area (Å²) >= 11 is 6.48. The predicted molar refractivity (Wildman–Crippen MR) is 130 cm³/mol. The minimum Gasteiger partial charge on any atom is -0.369 e. The van der Waals surface area contributed by atoms with Gasteiger partial charge >= 0.3 is 0 Å². The second kappa shape index (κ2) is 8.87. The number of piperidine rings is 1. The minimum atomic E-state index is -0.308. The Balaban J connectivity index is 1.82. The summed E-state index contributed by atoms with van der Waals surface area (Å²) in [5.41, 5.74) is 6.96. The smallest absolute Gasteiger partial charge is 0.267 e. The molecule has 0 atom stereocenters. The lowest BCUT2D eigenvalue weighted by molar-refractivity contribution is -0.122. The van der Waals surface area contributed by atoms with Gasteiger partial charge in [-0.15, -0.1) is 6.58 Å². The number of thioether (sulfide) groups is 1. The maximum absolute atomic E-state index is 13.5. The van der Waals surface area contributed by atoms with E-state index in [1.54, 1.807) is 24.4 Å². The van der Waals surface area contributed by atoms with Gasteiger partial charge in [0.15, 0.2) is 0 Å². The van der Waals surface area contributed by atoms with Crippen LogP contribution < -0.4 is 16.2 Å². The molecule has 0 saturated carbocycles. The molecule has 2 saturated heterocycles. The molecule has 166 valence electrons. The summed E-state index contributed by atoms with van der Waals surface area (Å²) in [6.45, 7) is 6.96. The van der Waals surface area contributed by atoms with Gasteiger partial charge in [-0.2, -0.15) is 0 Å². The number of thiocarbonyl (C=S) groups is 1. The van der Waals surface area contributed by atoms with E-state index in [-0.39, 0.29) is 23.3 Å². The highest BCUT2D eigenvalue weighted by Crippen LogP contribution is 2.34. The zero-order valence-corrected chi connectivity index (χ0v) is 19.2. The van der Waals surface area contributed by atoms with E-state index in [4.69, 9.17) is 22.9 Å². The van der Waals surface area contributed by atoms with Crippen LogP contribution in [0.2, 0.25) is 0 Å². The molecule has 2 fully saturated rings. The molecule has 0 spiro atoms. The number of carbonyl (C=O) groups is 2. The van der Waals surface area contributed by atoms with Gasteiger partial charge in [0.05, 0.1) is 10.5 Å². The zero-order chi connectivity index (χ0) is 23.0. The van der Waals surface area contributed by atoms with Gasteiger partial charge in [0.2, 0.25) is 5.91 Å². The second-order valence-electron chi connectivity index (χ2n) is 7.83. The average molecular weight is 470 g/mol. The number of primary amides is 1. The Bertz CT molecular complexity index is 1230. The normalized spacial score (nSPS) is 18.7. The summed E-state index contributed by atoms with van der Waals surface area (Å²) < 4.78 is 1.92. The van der Waals surface area contributed by atoms with E-state index in [1.165, 1.54) is 9.30 Å². The highest BCUT2D eigenvalue weighted by atomic mass is 32.2. The third-order valence-electron chi connectivity index (χ3n) is 5.64. The fourth-order valence-corrected chi connectivity index (χ4v) is 5.16. The Kier molecular flexibility index (Phi) is 6.16. The van der Waals surface area contributed by atoms with Gasteiger partial charge in [0.25, 0.3) is 11.5 Å². The summed E-state index contributed by atoms with van der Waals surface area (Å²) in [5.74, 6) is -0.255. The molecule has 2 aromatic rings. The number of amides is 2. The van der Waals surface area contributed by atoms with Crippen LogP contribution in [0.3, 0.4) is 0 Å². The SMILES string of the molecule is C=CCN1C(=O)C(=Cc2c(N3CCC(C(N)=O)CC3)nc3ccc(C)cn3c2=O)SC1=S. The van der Waals surface area contributed by atoms with Crippen molar-refractivity contribution in [1.29, 1.82) is 0 Å². The summed E-state index contributed by atoms with van der Waals surface area (Å²) in [4.78, 5) is 46.5. The largest absolute Gasteiger partial charge is 0.369 e. The van der Waals surface area contributed by atoms with E-state index < -0.39 is 0 Å². The molecule has 0 aromatic carbocycles. The Hall–Kier alpha value is -2.98. The lowest BCUT2D eigenvalue weighted by Gasteiger charge is -2.32. The predicted octanol–water partition coefficient (Wildman–Crippen LogP) is 2.09. The molecule has 4 heterocycles. The number of fused-ring (bicyclic) bond motifs is 1. The number of carbonyl (C=O) groups excluding carboxylic acids is 2. The highest BCUT2D eigenvalue weighted by Gasteiger charge is 2.32. The van der Waals surface area contributed by atoms with Crippen molar-refractivity contribution in [2.75, 3.05) is 24.5 Å². The molecule has 2 aliphatic heterocycles. The molecule has 2 N–H and O–H groups in total. The van der Waals surface area contributed by atoms with Crippen LogP contribution in [-0.4, -0.2) is 50.1 Å². The molecule has 8 nitrogen and oxygen atoms in total. The molecule has 0 unspecified atom stereocenters. The number of nitrogens with zero attached hydrogens (tertiary/aromatic N) is 4. The van der Waals surface area contributed by atoms with Crippen LogP contribution in [-0.2, 0) is 9.59 Å². The molecule has 2 amide bonds. The van der Waals surface area contributed by atoms with Crippen molar-refractivity contribution in [2.45, 2.75) is 19.8 Å². The Morgan fingerprint density at radius 3 is 2.72 bits per heavy atom. The van der Waals surface area contributed by atoms with Gasteiger partial charge in [-0.05, 0) is 37.5 Å². The number of anilines is 1. The topological polar surface area (TPSA) is 101 Å². The highest BCUT2D eigenvalue weighted by molar-refractivity contribution is 8.26. The van der Waals surface area contributed by atoms with Crippen LogP contribution in [0, 0.1) is 12.8 Å². The first-order valence-corrected chi connectivity index (χ1v) is 11.5. The van der Waals surface area contributed by atoms with Crippen molar-refractivity contribution in [2.24, 2.45) is 11.7 Å². The van der Waals surface area contributed by atoms with E-state index in [2.05, 4.69) is 6.58 Å². The number of hydrogen-bond donors (Lipinski definition) is 1. The van der Waals surface area contributed by atoms with Gasteiger partial charge in [-0.1, -0.05) is 36.1 Å². The summed E-state index contributed by atoms with van der Waals surface area (Å²) in [7, 11) is 0. The summed E-state index contributed by atoms with van der Waals surface area (Å²) in [6.07, 6.45) is 6.10.